The largest absolute Gasteiger partial charge is 0.0729 e. The summed E-state index contributed by atoms with van der Waals surface area (Å²) in [5.41, 5.74) is 0. The molecule has 0 atom stereocenters. The van der Waals surface area contributed by atoms with E-state index in [1.165, 1.54) is 0 Å². The van der Waals surface area contributed by atoms with Crippen LogP contribution < -0.4 is 0 Å². The van der Waals surface area contributed by atoms with Gasteiger partial charge in [-0.25, -0.2) is 0 Å². The first-order valence-electron chi connectivity index (χ1n) is 10.0. The van der Waals surface area contributed by atoms with E-state index in [0.717, 1.165) is 0 Å². The lowest BCUT2D eigenvalue weighted by Crippen LogP contribution is -3.10. The van der Waals surface area contributed by atoms with Gasteiger partial charge in [0.15, 0.2) is 0 Å². The van der Waals surface area contributed by atoms with Crippen molar-refractivity contribution < 1.29 is 0 Å². The maximum atomic E-state index is 2.91. The molecule has 0 aromatic heterocycles. The van der Waals surface area contributed by atoms with Crippen LogP contribution in [-0.2, 0) is 0 Å². The van der Waals surface area contributed by atoms with Crippen molar-refractivity contribution in [3.05, 3.63) is 0 Å². The van der Waals surface area contributed by atoms with Gasteiger partial charge in [0.1, 0.15) is 0 Å². The van der Waals surface area contributed by atoms with Gasteiger partial charge in [-0.15, -0.1) is 0 Å². The summed E-state index contributed by atoms with van der Waals surface area (Å²) in [6.07, 6.45) is 0. The molecule has 1 aliphatic heterocycles. The highest BCUT2D eigenvalue weighted by molar-refractivity contribution is 8.15. The molecular formula is C20H48Si4. The molecule has 0 aliphatic carbocycles. The second-order valence-electron chi connectivity index (χ2n) is 13.5. The van der Waals surface area contributed by atoms with E-state index in [1.54, 1.807) is 0 Å². The first kappa shape index (κ1) is 22.9. The lowest BCUT2D eigenvalue weighted by Gasteiger charge is -2.88. The molecule has 0 saturated carbocycles. The Morgan fingerprint density at radius 1 is 0.292 bits per heavy atom. The maximum absolute atomic E-state index is 2.91. The molecule has 0 nitrogen and oxygen atoms in total. The van der Waals surface area contributed by atoms with E-state index in [2.05, 4.69) is 109 Å². The first-order valence-corrected chi connectivity index (χ1v) is 24.0. The second kappa shape index (κ2) is 5.23. The molecule has 0 spiro atoms. The minimum atomic E-state index is -1.38. The molecule has 0 radical (unpaired) electrons. The van der Waals surface area contributed by atoms with E-state index in [0.29, 0.717) is 20.2 Å². The van der Waals surface area contributed by atoms with Crippen LogP contribution in [0, 0.1) is 0 Å². The quantitative estimate of drug-likeness (QED) is 0.363. The van der Waals surface area contributed by atoms with Gasteiger partial charge >= 0.3 is 0 Å². The van der Waals surface area contributed by atoms with E-state index < -0.39 is 28.4 Å². The van der Waals surface area contributed by atoms with Crippen molar-refractivity contribution in [3.8, 4) is 0 Å². The van der Waals surface area contributed by atoms with Crippen LogP contribution in [0.2, 0.25) is 46.3 Å². The van der Waals surface area contributed by atoms with Crippen molar-refractivity contribution in [3.63, 3.8) is 0 Å². The van der Waals surface area contributed by atoms with E-state index in [4.69, 9.17) is 0 Å². The molecule has 144 valence electrons. The maximum Gasteiger partial charge on any atom is 0.0410 e. The van der Waals surface area contributed by atoms with E-state index in [1.807, 2.05) is 0 Å². The third-order valence-electron chi connectivity index (χ3n) is 10.0. The lowest BCUT2D eigenvalue weighted by molar-refractivity contribution is 0.671. The highest BCUT2D eigenvalue weighted by Gasteiger charge is 2.91. The Hall–Kier alpha value is 0.868. The molecule has 0 aromatic rings. The molecule has 1 fully saturated rings. The Bertz CT molecular complexity index is 402. The van der Waals surface area contributed by atoms with Crippen LogP contribution in [0.5, 0.6) is 0 Å². The SMILES string of the molecule is CC(C)(C)[Si]1(C)[Si](C)(C(C)(C)C)[Si](C)(C(C)(C)C)[Si]1(C)C(C)(C)C. The van der Waals surface area contributed by atoms with Crippen molar-refractivity contribution in [1.29, 1.82) is 0 Å². The van der Waals surface area contributed by atoms with Crippen LogP contribution in [0.3, 0.4) is 0 Å². The van der Waals surface area contributed by atoms with Gasteiger partial charge in [0.25, 0.3) is 0 Å². The van der Waals surface area contributed by atoms with Gasteiger partial charge in [-0.05, 0) is 20.2 Å². The minimum Gasteiger partial charge on any atom is -0.0729 e. The second-order valence-corrected chi connectivity index (χ2v) is 58.5. The topological polar surface area (TPSA) is 0 Å². The summed E-state index contributed by atoms with van der Waals surface area (Å²) < 4.78 is 0. The summed E-state index contributed by atoms with van der Waals surface area (Å²) in [7, 11) is -5.53. The van der Waals surface area contributed by atoms with Gasteiger partial charge in [-0.2, -0.15) is 0 Å². The van der Waals surface area contributed by atoms with Gasteiger partial charge in [0.05, 0.1) is 0 Å². The molecule has 0 N–H and O–H groups in total. The Balaban J connectivity index is 4.09. The average molecular weight is 401 g/mol. The Kier molecular flexibility index (Phi) is 4.99. The van der Waals surface area contributed by atoms with Gasteiger partial charge in [0.2, 0.25) is 0 Å². The lowest BCUT2D eigenvalue weighted by atomic mass is 10.2. The van der Waals surface area contributed by atoms with Crippen LogP contribution in [0.15, 0.2) is 0 Å². The first-order chi connectivity index (χ1) is 10.0. The summed E-state index contributed by atoms with van der Waals surface area (Å²) in [4.78, 5) is 0. The molecule has 1 rings (SSSR count). The van der Waals surface area contributed by atoms with E-state index in [-0.39, 0.29) is 0 Å². The molecule has 0 unspecified atom stereocenters. The summed E-state index contributed by atoms with van der Waals surface area (Å²) in [5.74, 6) is 0. The van der Waals surface area contributed by atoms with Gasteiger partial charge in [-0.1, -0.05) is 109 Å². The number of hydrogen-bond acceptors (Lipinski definition) is 0. The highest BCUT2D eigenvalue weighted by Crippen LogP contribution is 2.76. The molecule has 4 heteroatoms. The van der Waals surface area contributed by atoms with Crippen LogP contribution in [-0.4, -0.2) is 28.4 Å². The molecule has 1 heterocycles. The van der Waals surface area contributed by atoms with Crippen molar-refractivity contribution >= 4 is 28.4 Å². The van der Waals surface area contributed by atoms with Crippen LogP contribution >= 0.6 is 0 Å². The van der Waals surface area contributed by atoms with Gasteiger partial charge < -0.3 is 0 Å². The molecule has 24 heavy (non-hydrogen) atoms. The van der Waals surface area contributed by atoms with E-state index >= 15 is 0 Å². The van der Waals surface area contributed by atoms with Crippen molar-refractivity contribution in [1.82, 2.24) is 0 Å². The summed E-state index contributed by atoms with van der Waals surface area (Å²) in [6, 6.07) is 0. The van der Waals surface area contributed by atoms with Crippen molar-refractivity contribution in [2.24, 2.45) is 0 Å². The summed E-state index contributed by atoms with van der Waals surface area (Å²) in [5, 5.41) is 2.14. The molecule has 1 saturated heterocycles. The van der Waals surface area contributed by atoms with Crippen LogP contribution in [0.25, 0.3) is 0 Å². The third-order valence-corrected chi connectivity index (χ3v) is 117. The minimum absolute atomic E-state index is 0.535. The van der Waals surface area contributed by atoms with Crippen LogP contribution in [0.4, 0.5) is 0 Å². The molecule has 1 aliphatic rings. The van der Waals surface area contributed by atoms with Gasteiger partial charge in [0, 0.05) is 28.4 Å². The molecule has 0 bridgehead atoms. The zero-order valence-electron chi connectivity index (χ0n) is 20.0. The Morgan fingerprint density at radius 3 is 0.417 bits per heavy atom. The third kappa shape index (κ3) is 2.06. The molecule has 0 aromatic carbocycles. The van der Waals surface area contributed by atoms with E-state index in [9.17, 15) is 0 Å². The number of hydrogen-bond donors (Lipinski definition) is 0. The highest BCUT2D eigenvalue weighted by atomic mass is 30.2. The van der Waals surface area contributed by atoms with Crippen molar-refractivity contribution in [2.45, 2.75) is 129 Å². The number of rotatable bonds is 0. The van der Waals surface area contributed by atoms with Gasteiger partial charge in [-0.3, -0.25) is 0 Å². The van der Waals surface area contributed by atoms with Crippen LogP contribution in [0.1, 0.15) is 83.1 Å². The molecule has 0 amide bonds. The zero-order chi connectivity index (χ0) is 20.0. The fraction of sp³-hybridized carbons (Fsp3) is 1.00. The zero-order valence-corrected chi connectivity index (χ0v) is 24.0. The predicted molar refractivity (Wildman–Crippen MR) is 125 cm³/mol. The normalized spacial score (nSPS) is 42.0. The average Bonchev–Trinajstić information content (AvgIpc) is 2.28. The fourth-order valence-electron chi connectivity index (χ4n) is 7.94. The standard InChI is InChI=1S/C20H48Si4/c1-17(2,3)21(13)22(14,18(4,5)6)24(16,20(10,11)12)23(21,15)19(7,8)9/h1-16H3. The summed E-state index contributed by atoms with van der Waals surface area (Å²) >= 11 is 0. The summed E-state index contributed by atoms with van der Waals surface area (Å²) in [6.45, 7) is 43.2. The monoisotopic (exact) mass is 400 g/mol. The van der Waals surface area contributed by atoms with Crippen molar-refractivity contribution in [2.75, 3.05) is 0 Å². The Morgan fingerprint density at radius 2 is 0.375 bits per heavy atom. The Labute approximate surface area is 157 Å². The molecular weight excluding hydrogens is 353 g/mol. The smallest absolute Gasteiger partial charge is 0.0410 e. The fourth-order valence-corrected chi connectivity index (χ4v) is 177. The predicted octanol–water partition coefficient (Wildman–Crippen LogP) is 7.83.